The summed E-state index contributed by atoms with van der Waals surface area (Å²) in [4.78, 5) is 16.9. The van der Waals surface area contributed by atoms with Crippen molar-refractivity contribution in [2.75, 3.05) is 46.9 Å². The number of benzene rings is 1. The van der Waals surface area contributed by atoms with Gasteiger partial charge >= 0.3 is 0 Å². The highest BCUT2D eigenvalue weighted by atomic mass is 16.5. The molecule has 1 fully saturated rings. The molecule has 6 nitrogen and oxygen atoms in total. The zero-order valence-corrected chi connectivity index (χ0v) is 15.5. The number of ether oxygens (including phenoxy) is 2. The van der Waals surface area contributed by atoms with Gasteiger partial charge in [0.2, 0.25) is 0 Å². The molecule has 1 amide bonds. The fourth-order valence-electron chi connectivity index (χ4n) is 3.11. The lowest BCUT2D eigenvalue weighted by Gasteiger charge is -2.35. The molecule has 1 aromatic carbocycles. The molecule has 0 bridgehead atoms. The standard InChI is InChI=1S/C19H28N2O4/c1-5-6-15-11-16(12-17(24-3)18(15)25-4)19(23)21-9-7-20(8-10-21)13-14(2)22/h5-6,11-12,14,22H,7-10,13H2,1-4H3/b6-5+/t14-/m0/s1. The van der Waals surface area contributed by atoms with Gasteiger partial charge in [0.15, 0.2) is 11.5 Å². The van der Waals surface area contributed by atoms with Crippen molar-refractivity contribution in [1.29, 1.82) is 0 Å². The second-order valence-electron chi connectivity index (χ2n) is 6.24. The van der Waals surface area contributed by atoms with E-state index >= 15 is 0 Å². The number of hydrogen-bond acceptors (Lipinski definition) is 5. The summed E-state index contributed by atoms with van der Waals surface area (Å²) < 4.78 is 10.8. The van der Waals surface area contributed by atoms with E-state index in [0.29, 0.717) is 36.7 Å². The summed E-state index contributed by atoms with van der Waals surface area (Å²) in [5.74, 6) is 1.16. The summed E-state index contributed by atoms with van der Waals surface area (Å²) in [6.07, 6.45) is 3.45. The third-order valence-corrected chi connectivity index (χ3v) is 4.28. The van der Waals surface area contributed by atoms with Gasteiger partial charge in [0.05, 0.1) is 20.3 Å². The molecule has 0 saturated carbocycles. The lowest BCUT2D eigenvalue weighted by molar-refractivity contribution is 0.0554. The van der Waals surface area contributed by atoms with Crippen molar-refractivity contribution in [2.24, 2.45) is 0 Å². The van der Waals surface area contributed by atoms with Crippen LogP contribution in [0.5, 0.6) is 11.5 Å². The Labute approximate surface area is 149 Å². The van der Waals surface area contributed by atoms with Crippen molar-refractivity contribution in [3.8, 4) is 11.5 Å². The van der Waals surface area contributed by atoms with Gasteiger partial charge in [-0.2, -0.15) is 0 Å². The summed E-state index contributed by atoms with van der Waals surface area (Å²) in [6.45, 7) is 7.19. The smallest absolute Gasteiger partial charge is 0.254 e. The monoisotopic (exact) mass is 348 g/mol. The van der Waals surface area contributed by atoms with Gasteiger partial charge in [0.25, 0.3) is 5.91 Å². The lowest BCUT2D eigenvalue weighted by atomic mass is 10.1. The molecule has 1 aliphatic heterocycles. The molecule has 1 aliphatic rings. The van der Waals surface area contributed by atoms with E-state index in [4.69, 9.17) is 9.47 Å². The predicted octanol–water partition coefficient (Wildman–Crippen LogP) is 1.88. The molecule has 0 spiro atoms. The summed E-state index contributed by atoms with van der Waals surface area (Å²) in [6, 6.07) is 3.57. The van der Waals surface area contributed by atoms with Crippen LogP contribution < -0.4 is 9.47 Å². The van der Waals surface area contributed by atoms with Gasteiger partial charge in [-0.25, -0.2) is 0 Å². The van der Waals surface area contributed by atoms with Crippen LogP contribution in [-0.2, 0) is 0 Å². The second-order valence-corrected chi connectivity index (χ2v) is 6.24. The lowest BCUT2D eigenvalue weighted by Crippen LogP contribution is -2.50. The number of β-amino-alcohol motifs (C(OH)–C–C–N with tert-alkyl or cyclic N) is 1. The molecule has 25 heavy (non-hydrogen) atoms. The molecule has 1 aromatic rings. The third kappa shape index (κ3) is 4.74. The SMILES string of the molecule is C/C=C/c1cc(C(=O)N2CCN(C[C@H](C)O)CC2)cc(OC)c1OC. The number of methoxy groups -OCH3 is 2. The molecular weight excluding hydrogens is 320 g/mol. The van der Waals surface area contributed by atoms with Crippen molar-refractivity contribution < 1.29 is 19.4 Å². The number of carbonyl (C=O) groups is 1. The fourth-order valence-corrected chi connectivity index (χ4v) is 3.11. The molecule has 0 aromatic heterocycles. The van der Waals surface area contributed by atoms with Gasteiger partial charge in [-0.3, -0.25) is 9.69 Å². The fraction of sp³-hybridized carbons (Fsp3) is 0.526. The highest BCUT2D eigenvalue weighted by molar-refractivity contribution is 5.96. The molecule has 6 heteroatoms. The molecule has 0 unspecified atom stereocenters. The van der Waals surface area contributed by atoms with E-state index in [0.717, 1.165) is 18.7 Å². The van der Waals surface area contributed by atoms with Gasteiger partial charge in [-0.1, -0.05) is 12.2 Å². The Morgan fingerprint density at radius 2 is 1.92 bits per heavy atom. The average Bonchev–Trinajstić information content (AvgIpc) is 2.60. The minimum absolute atomic E-state index is 0.0107. The van der Waals surface area contributed by atoms with Gasteiger partial charge in [-0.15, -0.1) is 0 Å². The maximum absolute atomic E-state index is 12.9. The van der Waals surface area contributed by atoms with Gasteiger partial charge < -0.3 is 19.5 Å². The largest absolute Gasteiger partial charge is 0.493 e. The summed E-state index contributed by atoms with van der Waals surface area (Å²) >= 11 is 0. The van der Waals surface area contributed by atoms with Crippen LogP contribution in [-0.4, -0.2) is 73.9 Å². The van der Waals surface area contributed by atoms with Gasteiger partial charge in [0, 0.05) is 43.9 Å². The van der Waals surface area contributed by atoms with Gasteiger partial charge in [0.1, 0.15) is 0 Å². The quantitative estimate of drug-likeness (QED) is 0.850. The van der Waals surface area contributed by atoms with Gasteiger partial charge in [-0.05, 0) is 26.0 Å². The first-order valence-electron chi connectivity index (χ1n) is 8.58. The molecule has 2 rings (SSSR count). The number of aliphatic hydroxyl groups is 1. The summed E-state index contributed by atoms with van der Waals surface area (Å²) in [7, 11) is 3.16. The van der Waals surface area contributed by atoms with Crippen LogP contribution in [0.2, 0.25) is 0 Å². The molecule has 1 N–H and O–H groups in total. The highest BCUT2D eigenvalue weighted by Gasteiger charge is 2.24. The minimum Gasteiger partial charge on any atom is -0.493 e. The first kappa shape index (κ1) is 19.3. The van der Waals surface area contributed by atoms with E-state index in [-0.39, 0.29) is 12.0 Å². The van der Waals surface area contributed by atoms with E-state index in [1.807, 2.05) is 30.0 Å². The first-order valence-corrected chi connectivity index (χ1v) is 8.58. The highest BCUT2D eigenvalue weighted by Crippen LogP contribution is 2.34. The van der Waals surface area contributed by atoms with Crippen molar-refractivity contribution in [3.63, 3.8) is 0 Å². The van der Waals surface area contributed by atoms with Crippen molar-refractivity contribution in [3.05, 3.63) is 29.3 Å². The Bertz CT molecular complexity index is 620. The van der Waals surface area contributed by atoms with E-state index in [1.54, 1.807) is 27.2 Å². The van der Waals surface area contributed by atoms with Crippen molar-refractivity contribution in [1.82, 2.24) is 9.80 Å². The van der Waals surface area contributed by atoms with Crippen LogP contribution in [0.25, 0.3) is 6.08 Å². The van der Waals surface area contributed by atoms with Crippen LogP contribution in [0.1, 0.15) is 29.8 Å². The molecule has 1 saturated heterocycles. The Morgan fingerprint density at radius 1 is 1.24 bits per heavy atom. The topological polar surface area (TPSA) is 62.2 Å². The molecular formula is C19H28N2O4. The number of allylic oxidation sites excluding steroid dienone is 1. The van der Waals surface area contributed by atoms with Crippen molar-refractivity contribution >= 4 is 12.0 Å². The Morgan fingerprint density at radius 3 is 2.44 bits per heavy atom. The molecule has 138 valence electrons. The maximum atomic E-state index is 12.9. The normalized spacial score (nSPS) is 16.9. The molecule has 0 aliphatic carbocycles. The number of amides is 1. The van der Waals surface area contributed by atoms with Crippen LogP contribution in [0, 0.1) is 0 Å². The maximum Gasteiger partial charge on any atom is 0.254 e. The molecule has 1 atom stereocenters. The number of rotatable bonds is 6. The number of hydrogen-bond donors (Lipinski definition) is 1. The van der Waals surface area contributed by atoms with E-state index in [2.05, 4.69) is 4.90 Å². The predicted molar refractivity (Wildman–Crippen MR) is 98.3 cm³/mol. The Hall–Kier alpha value is -2.05. The first-order chi connectivity index (χ1) is 12.0. The number of piperazine rings is 1. The molecule has 1 heterocycles. The number of carbonyl (C=O) groups excluding carboxylic acids is 1. The second kappa shape index (κ2) is 8.87. The Kier molecular flexibility index (Phi) is 6.84. The summed E-state index contributed by atoms with van der Waals surface area (Å²) in [5.41, 5.74) is 1.41. The zero-order chi connectivity index (χ0) is 18.4. The zero-order valence-electron chi connectivity index (χ0n) is 15.5. The van der Waals surface area contributed by atoms with Crippen LogP contribution in [0.3, 0.4) is 0 Å². The summed E-state index contributed by atoms with van der Waals surface area (Å²) in [5, 5.41) is 9.49. The number of aliphatic hydroxyl groups excluding tert-OH is 1. The van der Waals surface area contributed by atoms with Crippen LogP contribution in [0.4, 0.5) is 0 Å². The van der Waals surface area contributed by atoms with Crippen molar-refractivity contribution in [2.45, 2.75) is 20.0 Å². The van der Waals surface area contributed by atoms with E-state index < -0.39 is 0 Å². The van der Waals surface area contributed by atoms with E-state index in [9.17, 15) is 9.90 Å². The Balaban J connectivity index is 2.18. The third-order valence-electron chi connectivity index (χ3n) is 4.28. The molecule has 0 radical (unpaired) electrons. The van der Waals surface area contributed by atoms with E-state index in [1.165, 1.54) is 0 Å². The number of nitrogens with zero attached hydrogens (tertiary/aromatic N) is 2. The van der Waals surface area contributed by atoms with Crippen LogP contribution in [0.15, 0.2) is 18.2 Å². The average molecular weight is 348 g/mol. The van der Waals surface area contributed by atoms with Crippen LogP contribution >= 0.6 is 0 Å². The minimum atomic E-state index is -0.350.